The Morgan fingerprint density at radius 3 is 2.95 bits per heavy atom. The first-order valence-electron chi connectivity index (χ1n) is 6.50. The quantitative estimate of drug-likeness (QED) is 0.784. The van der Waals surface area contributed by atoms with Gasteiger partial charge in [-0.15, -0.1) is 0 Å². The third-order valence-corrected chi connectivity index (χ3v) is 3.68. The van der Waals surface area contributed by atoms with Gasteiger partial charge in [-0.2, -0.15) is 5.10 Å². The second-order valence-corrected chi connectivity index (χ2v) is 5.69. The van der Waals surface area contributed by atoms with E-state index in [9.17, 15) is 9.59 Å². The lowest BCUT2D eigenvalue weighted by Gasteiger charge is -2.16. The molecule has 2 amide bonds. The van der Waals surface area contributed by atoms with Crippen LogP contribution in [0.25, 0.3) is 0 Å². The van der Waals surface area contributed by atoms with Crippen molar-refractivity contribution in [3.8, 4) is 0 Å². The summed E-state index contributed by atoms with van der Waals surface area (Å²) in [5.74, 6) is -1.26. The van der Waals surface area contributed by atoms with Crippen molar-refractivity contribution in [2.45, 2.75) is 19.4 Å². The minimum absolute atomic E-state index is 0.185. The number of amides is 2. The normalized spacial score (nSPS) is 18.2. The van der Waals surface area contributed by atoms with Crippen molar-refractivity contribution >= 4 is 27.9 Å². The minimum Gasteiger partial charge on any atom is -0.481 e. The lowest BCUT2D eigenvalue weighted by molar-refractivity contribution is -0.141. The van der Waals surface area contributed by atoms with Gasteiger partial charge in [0.15, 0.2) is 0 Å². The Hall–Kier alpha value is -1.57. The lowest BCUT2D eigenvalue weighted by atomic mass is 10.1. The Kier molecular flexibility index (Phi) is 4.99. The topological polar surface area (TPSA) is 87.5 Å². The van der Waals surface area contributed by atoms with E-state index in [1.165, 1.54) is 0 Å². The molecule has 2 N–H and O–H groups in total. The van der Waals surface area contributed by atoms with Gasteiger partial charge in [0.05, 0.1) is 16.6 Å². The molecule has 0 bridgehead atoms. The van der Waals surface area contributed by atoms with E-state index < -0.39 is 11.9 Å². The molecule has 0 radical (unpaired) electrons. The predicted octanol–water partition coefficient (Wildman–Crippen LogP) is 1.15. The zero-order chi connectivity index (χ0) is 14.5. The number of halogens is 1. The molecule has 0 spiro atoms. The second kappa shape index (κ2) is 6.74. The summed E-state index contributed by atoms with van der Waals surface area (Å²) >= 11 is 3.32. The number of nitrogens with zero attached hydrogens (tertiary/aromatic N) is 3. The fourth-order valence-electron chi connectivity index (χ4n) is 2.16. The molecule has 8 heteroatoms. The second-order valence-electron chi connectivity index (χ2n) is 4.78. The van der Waals surface area contributed by atoms with Crippen LogP contribution in [0.5, 0.6) is 0 Å². The van der Waals surface area contributed by atoms with Crippen molar-refractivity contribution in [2.24, 2.45) is 5.92 Å². The number of carboxylic acid groups (broad SMARTS) is 1. The van der Waals surface area contributed by atoms with Gasteiger partial charge in [-0.3, -0.25) is 9.48 Å². The van der Waals surface area contributed by atoms with Crippen LogP contribution in [-0.2, 0) is 11.3 Å². The summed E-state index contributed by atoms with van der Waals surface area (Å²) in [6, 6.07) is -0.185. The Labute approximate surface area is 125 Å². The molecule has 7 nitrogen and oxygen atoms in total. The standard InChI is InChI=1S/C12H17BrN4O3/c13-10-6-15-17(8-10)4-1-3-14-12(20)16-5-2-9(7-16)11(18)19/h6,8-9H,1-5,7H2,(H,14,20)(H,18,19). The van der Waals surface area contributed by atoms with E-state index in [2.05, 4.69) is 26.3 Å². The van der Waals surface area contributed by atoms with E-state index in [1.807, 2.05) is 6.20 Å². The molecule has 20 heavy (non-hydrogen) atoms. The van der Waals surface area contributed by atoms with Crippen molar-refractivity contribution in [2.75, 3.05) is 19.6 Å². The molecule has 110 valence electrons. The number of rotatable bonds is 5. The summed E-state index contributed by atoms with van der Waals surface area (Å²) in [4.78, 5) is 24.2. The van der Waals surface area contributed by atoms with Crippen LogP contribution in [-0.4, -0.2) is 51.4 Å². The number of aliphatic carboxylic acids is 1. The molecule has 0 aliphatic carbocycles. The summed E-state index contributed by atoms with van der Waals surface area (Å²) in [6.45, 7) is 2.08. The SMILES string of the molecule is O=C(O)C1CCN(C(=O)NCCCn2cc(Br)cn2)C1. The van der Waals surface area contributed by atoms with Crippen LogP contribution in [0.4, 0.5) is 4.79 Å². The van der Waals surface area contributed by atoms with E-state index in [1.54, 1.807) is 15.8 Å². The average molecular weight is 345 g/mol. The minimum atomic E-state index is -0.829. The first kappa shape index (κ1) is 14.8. The highest BCUT2D eigenvalue weighted by atomic mass is 79.9. The van der Waals surface area contributed by atoms with E-state index in [0.717, 1.165) is 17.4 Å². The monoisotopic (exact) mass is 344 g/mol. The lowest BCUT2D eigenvalue weighted by Crippen LogP contribution is -2.39. The Morgan fingerprint density at radius 1 is 1.55 bits per heavy atom. The number of urea groups is 1. The van der Waals surface area contributed by atoms with Crippen LogP contribution in [0, 0.1) is 5.92 Å². The molecule has 2 rings (SSSR count). The summed E-state index contributed by atoms with van der Waals surface area (Å²) in [5.41, 5.74) is 0. The molecule has 1 atom stereocenters. The molecule has 1 saturated heterocycles. The van der Waals surface area contributed by atoms with Crippen molar-refractivity contribution < 1.29 is 14.7 Å². The number of likely N-dealkylation sites (tertiary alicyclic amines) is 1. The van der Waals surface area contributed by atoms with Crippen molar-refractivity contribution in [1.82, 2.24) is 20.0 Å². The van der Waals surface area contributed by atoms with E-state index in [0.29, 0.717) is 26.1 Å². The summed E-state index contributed by atoms with van der Waals surface area (Å²) < 4.78 is 2.73. The molecular formula is C12H17BrN4O3. The van der Waals surface area contributed by atoms with Gasteiger partial charge >= 0.3 is 12.0 Å². The molecule has 2 heterocycles. The first-order valence-corrected chi connectivity index (χ1v) is 7.29. The zero-order valence-electron chi connectivity index (χ0n) is 11.0. The fourth-order valence-corrected chi connectivity index (χ4v) is 2.48. The third-order valence-electron chi connectivity index (χ3n) is 3.27. The first-order chi connectivity index (χ1) is 9.56. The maximum atomic E-state index is 11.8. The van der Waals surface area contributed by atoms with Gasteiger partial charge < -0.3 is 15.3 Å². The molecule has 1 aliphatic heterocycles. The van der Waals surface area contributed by atoms with Gasteiger partial charge in [0.2, 0.25) is 0 Å². The van der Waals surface area contributed by atoms with Crippen LogP contribution in [0.3, 0.4) is 0 Å². The number of carbonyl (C=O) groups is 2. The molecular weight excluding hydrogens is 328 g/mol. The van der Waals surface area contributed by atoms with E-state index in [4.69, 9.17) is 5.11 Å². The number of aromatic nitrogens is 2. The Morgan fingerprint density at radius 2 is 2.35 bits per heavy atom. The van der Waals surface area contributed by atoms with Crippen LogP contribution in [0.2, 0.25) is 0 Å². The largest absolute Gasteiger partial charge is 0.481 e. The van der Waals surface area contributed by atoms with Crippen molar-refractivity contribution in [3.05, 3.63) is 16.9 Å². The Bertz CT molecular complexity index is 491. The number of carboxylic acids is 1. The van der Waals surface area contributed by atoms with Crippen LogP contribution in [0.1, 0.15) is 12.8 Å². The van der Waals surface area contributed by atoms with E-state index >= 15 is 0 Å². The van der Waals surface area contributed by atoms with Crippen LogP contribution >= 0.6 is 15.9 Å². The van der Waals surface area contributed by atoms with Gasteiger partial charge in [-0.1, -0.05) is 0 Å². The average Bonchev–Trinajstić information content (AvgIpc) is 3.03. The number of carbonyl (C=O) groups excluding carboxylic acids is 1. The van der Waals surface area contributed by atoms with Crippen LogP contribution in [0.15, 0.2) is 16.9 Å². The molecule has 0 saturated carbocycles. The number of hydrogen-bond acceptors (Lipinski definition) is 3. The van der Waals surface area contributed by atoms with Gasteiger partial charge in [0.25, 0.3) is 0 Å². The Balaban J connectivity index is 1.64. The third kappa shape index (κ3) is 3.96. The van der Waals surface area contributed by atoms with Gasteiger partial charge in [0.1, 0.15) is 0 Å². The van der Waals surface area contributed by atoms with Crippen molar-refractivity contribution in [1.29, 1.82) is 0 Å². The molecule has 1 aliphatic rings. The van der Waals surface area contributed by atoms with Gasteiger partial charge in [-0.25, -0.2) is 4.79 Å². The van der Waals surface area contributed by atoms with Crippen LogP contribution < -0.4 is 5.32 Å². The molecule has 0 aromatic carbocycles. The number of nitrogens with one attached hydrogen (secondary N) is 1. The fraction of sp³-hybridized carbons (Fsp3) is 0.583. The molecule has 1 unspecified atom stereocenters. The predicted molar refractivity (Wildman–Crippen MR) is 75.3 cm³/mol. The maximum absolute atomic E-state index is 11.8. The highest BCUT2D eigenvalue weighted by Gasteiger charge is 2.30. The van der Waals surface area contributed by atoms with Gasteiger partial charge in [0, 0.05) is 32.4 Å². The maximum Gasteiger partial charge on any atom is 0.317 e. The number of hydrogen-bond donors (Lipinski definition) is 2. The van der Waals surface area contributed by atoms with Crippen molar-refractivity contribution in [3.63, 3.8) is 0 Å². The molecule has 1 aromatic heterocycles. The smallest absolute Gasteiger partial charge is 0.317 e. The summed E-state index contributed by atoms with van der Waals surface area (Å²) in [6.07, 6.45) is 4.90. The molecule has 1 fully saturated rings. The highest BCUT2D eigenvalue weighted by Crippen LogP contribution is 2.16. The zero-order valence-corrected chi connectivity index (χ0v) is 12.5. The summed E-state index contributed by atoms with van der Waals surface area (Å²) in [7, 11) is 0. The number of aryl methyl sites for hydroxylation is 1. The van der Waals surface area contributed by atoms with E-state index in [-0.39, 0.29) is 6.03 Å². The summed E-state index contributed by atoms with van der Waals surface area (Å²) in [5, 5.41) is 15.8. The van der Waals surface area contributed by atoms with Gasteiger partial charge in [-0.05, 0) is 28.8 Å². The molecule has 1 aromatic rings. The highest BCUT2D eigenvalue weighted by molar-refractivity contribution is 9.10.